The van der Waals surface area contributed by atoms with Crippen LogP contribution in [0.5, 0.6) is 0 Å². The minimum absolute atomic E-state index is 0.0511. The van der Waals surface area contributed by atoms with Crippen molar-refractivity contribution in [3.8, 4) is 11.5 Å². The van der Waals surface area contributed by atoms with Gasteiger partial charge < -0.3 is 0 Å². The van der Waals surface area contributed by atoms with Gasteiger partial charge in [0.1, 0.15) is 22.2 Å². The van der Waals surface area contributed by atoms with Crippen LogP contribution in [0, 0.1) is 0 Å². The van der Waals surface area contributed by atoms with Crippen LogP contribution in [0.3, 0.4) is 0 Å². The summed E-state index contributed by atoms with van der Waals surface area (Å²) in [4.78, 5) is 4.17. The predicted molar refractivity (Wildman–Crippen MR) is 69.0 cm³/mol. The lowest BCUT2D eigenvalue weighted by atomic mass is 10.0. The predicted octanol–water partition coefficient (Wildman–Crippen LogP) is 3.54. The van der Waals surface area contributed by atoms with E-state index in [2.05, 4.69) is 31.1 Å². The van der Waals surface area contributed by atoms with Crippen molar-refractivity contribution in [2.45, 2.75) is 31.5 Å². The number of fused-ring (bicyclic) bond motifs is 1. The second-order valence-corrected chi connectivity index (χ2v) is 5.42. The van der Waals surface area contributed by atoms with Crippen molar-refractivity contribution in [2.24, 2.45) is 0 Å². The van der Waals surface area contributed by atoms with Crippen LogP contribution in [-0.4, -0.2) is 25.9 Å². The quantitative estimate of drug-likeness (QED) is 0.741. The van der Waals surface area contributed by atoms with Crippen molar-refractivity contribution in [2.75, 3.05) is 0 Å². The molecule has 20 heavy (non-hydrogen) atoms. The van der Waals surface area contributed by atoms with Crippen LogP contribution in [0.4, 0.5) is 13.2 Å². The molecule has 4 nitrogen and oxygen atoms in total. The molecule has 1 aliphatic heterocycles. The van der Waals surface area contributed by atoms with Gasteiger partial charge >= 0.3 is 6.18 Å². The number of hydrogen-bond acceptors (Lipinski definition) is 3. The number of aryl methyl sites for hydroxylation is 1. The summed E-state index contributed by atoms with van der Waals surface area (Å²) in [6, 6.07) is 3.47. The van der Waals surface area contributed by atoms with Crippen LogP contribution in [0.2, 0.25) is 0 Å². The Hall–Kier alpha value is -1.44. The maximum absolute atomic E-state index is 13.2. The topological polar surface area (TPSA) is 43.6 Å². The van der Waals surface area contributed by atoms with Crippen LogP contribution < -0.4 is 0 Å². The third kappa shape index (κ3) is 2.32. The van der Waals surface area contributed by atoms with Gasteiger partial charge in [0.15, 0.2) is 5.82 Å². The zero-order chi connectivity index (χ0) is 14.3. The van der Waals surface area contributed by atoms with Crippen molar-refractivity contribution in [3.63, 3.8) is 0 Å². The number of hydrogen-bond donors (Lipinski definition) is 0. The number of halogens is 4. The van der Waals surface area contributed by atoms with Gasteiger partial charge in [-0.05, 0) is 40.9 Å². The first-order chi connectivity index (χ1) is 9.47. The molecule has 0 aliphatic carbocycles. The average molecular weight is 347 g/mol. The molecule has 0 radical (unpaired) electrons. The third-order valence-corrected chi connectivity index (χ3v) is 3.72. The highest BCUT2D eigenvalue weighted by Gasteiger charge is 2.44. The summed E-state index contributed by atoms with van der Waals surface area (Å²) in [5, 5.41) is 7.79. The zero-order valence-corrected chi connectivity index (χ0v) is 11.8. The van der Waals surface area contributed by atoms with Crippen LogP contribution in [0.1, 0.15) is 24.7 Å². The fraction of sp³-hybridized carbons (Fsp3) is 0.417. The van der Waals surface area contributed by atoms with E-state index in [4.69, 9.17) is 0 Å². The molecular weight excluding hydrogens is 337 g/mol. The highest BCUT2D eigenvalue weighted by atomic mass is 79.9. The Balaban J connectivity index is 2.13. The monoisotopic (exact) mass is 346 g/mol. The largest absolute Gasteiger partial charge is 0.409 e. The molecule has 106 valence electrons. The fourth-order valence-corrected chi connectivity index (χ4v) is 2.77. The fourth-order valence-electron chi connectivity index (χ4n) is 2.42. The lowest BCUT2D eigenvalue weighted by Gasteiger charge is -2.27. The van der Waals surface area contributed by atoms with Gasteiger partial charge in [0.05, 0.1) is 0 Å². The van der Waals surface area contributed by atoms with Gasteiger partial charge in [0.25, 0.3) is 0 Å². The maximum Gasteiger partial charge on any atom is 0.409 e. The average Bonchev–Trinajstić information content (AvgIpc) is 2.81. The van der Waals surface area contributed by atoms with Crippen molar-refractivity contribution in [1.82, 2.24) is 19.7 Å². The molecule has 0 amide bonds. The standard InChI is InChI=1S/C12H10BrF3N4/c13-9-5-1-3-7(17-9)11-19-18-10-6-2-4-8(20(10)11)12(14,15)16/h1,3,5,8H,2,4,6H2. The number of rotatable bonds is 1. The van der Waals surface area contributed by atoms with E-state index in [1.54, 1.807) is 18.2 Å². The molecule has 0 fully saturated rings. The van der Waals surface area contributed by atoms with Gasteiger partial charge in [-0.15, -0.1) is 10.2 Å². The second kappa shape index (κ2) is 4.83. The molecule has 3 rings (SSSR count). The summed E-state index contributed by atoms with van der Waals surface area (Å²) in [6.07, 6.45) is -3.28. The summed E-state index contributed by atoms with van der Waals surface area (Å²) < 4.78 is 41.2. The summed E-state index contributed by atoms with van der Waals surface area (Å²) in [5.41, 5.74) is 0.384. The van der Waals surface area contributed by atoms with E-state index in [1.807, 2.05) is 0 Å². The lowest BCUT2D eigenvalue weighted by molar-refractivity contribution is -0.171. The SMILES string of the molecule is FC(F)(F)C1CCCc2nnc(-c3cccc(Br)n3)n21. The molecule has 0 bridgehead atoms. The van der Waals surface area contributed by atoms with Gasteiger partial charge in [-0.1, -0.05) is 6.07 Å². The van der Waals surface area contributed by atoms with Gasteiger partial charge in [-0.2, -0.15) is 13.2 Å². The second-order valence-electron chi connectivity index (χ2n) is 4.61. The molecule has 0 aromatic carbocycles. The third-order valence-electron chi connectivity index (χ3n) is 3.28. The molecule has 0 saturated carbocycles. The Morgan fingerprint density at radius 2 is 2.05 bits per heavy atom. The summed E-state index contributed by atoms with van der Waals surface area (Å²) in [7, 11) is 0. The van der Waals surface area contributed by atoms with E-state index in [9.17, 15) is 13.2 Å². The Morgan fingerprint density at radius 1 is 1.25 bits per heavy atom. The summed E-state index contributed by atoms with van der Waals surface area (Å²) in [5.74, 6) is 0.540. The first kappa shape index (κ1) is 13.5. The highest BCUT2D eigenvalue weighted by molar-refractivity contribution is 9.10. The first-order valence-corrected chi connectivity index (χ1v) is 6.89. The van der Waals surface area contributed by atoms with Gasteiger partial charge in [-0.25, -0.2) is 4.98 Å². The number of aromatic nitrogens is 4. The molecule has 0 spiro atoms. The number of alkyl halides is 3. The molecule has 1 aliphatic rings. The molecule has 3 heterocycles. The molecule has 2 aromatic rings. The smallest absolute Gasteiger partial charge is 0.297 e. The van der Waals surface area contributed by atoms with Crippen LogP contribution in [-0.2, 0) is 6.42 Å². The zero-order valence-electron chi connectivity index (χ0n) is 10.2. The van der Waals surface area contributed by atoms with Gasteiger partial charge in [0.2, 0.25) is 0 Å². The highest BCUT2D eigenvalue weighted by Crippen LogP contribution is 2.40. The normalized spacial score (nSPS) is 18.9. The molecular formula is C12H10BrF3N4. The summed E-state index contributed by atoms with van der Waals surface area (Å²) >= 11 is 3.21. The maximum atomic E-state index is 13.2. The Morgan fingerprint density at radius 3 is 2.75 bits per heavy atom. The molecule has 1 unspecified atom stereocenters. The molecule has 2 aromatic heterocycles. The molecule has 1 atom stereocenters. The number of pyridine rings is 1. The minimum Gasteiger partial charge on any atom is -0.297 e. The van der Waals surface area contributed by atoms with Crippen LogP contribution >= 0.6 is 15.9 Å². The lowest BCUT2D eigenvalue weighted by Crippen LogP contribution is -2.31. The van der Waals surface area contributed by atoms with Gasteiger partial charge in [-0.3, -0.25) is 4.57 Å². The molecule has 0 saturated heterocycles. The van der Waals surface area contributed by atoms with Crippen molar-refractivity contribution >= 4 is 15.9 Å². The minimum atomic E-state index is -4.31. The van der Waals surface area contributed by atoms with Crippen molar-refractivity contribution in [3.05, 3.63) is 28.6 Å². The van der Waals surface area contributed by atoms with E-state index in [0.717, 1.165) is 0 Å². The van der Waals surface area contributed by atoms with Crippen LogP contribution in [0.15, 0.2) is 22.8 Å². The Bertz CT molecular complexity index is 638. The van der Waals surface area contributed by atoms with Crippen LogP contribution in [0.25, 0.3) is 11.5 Å². The van der Waals surface area contributed by atoms with Gasteiger partial charge in [0, 0.05) is 6.42 Å². The Labute approximate surface area is 121 Å². The van der Waals surface area contributed by atoms with E-state index >= 15 is 0 Å². The summed E-state index contributed by atoms with van der Waals surface area (Å²) in [6.45, 7) is 0. The van der Waals surface area contributed by atoms with E-state index in [-0.39, 0.29) is 12.2 Å². The molecule has 0 N–H and O–H groups in total. The number of nitrogens with zero attached hydrogens (tertiary/aromatic N) is 4. The van der Waals surface area contributed by atoms with Crippen molar-refractivity contribution < 1.29 is 13.2 Å². The van der Waals surface area contributed by atoms with E-state index in [0.29, 0.717) is 29.0 Å². The first-order valence-electron chi connectivity index (χ1n) is 6.10. The van der Waals surface area contributed by atoms with E-state index in [1.165, 1.54) is 4.57 Å². The van der Waals surface area contributed by atoms with Crippen molar-refractivity contribution in [1.29, 1.82) is 0 Å². The van der Waals surface area contributed by atoms with E-state index < -0.39 is 12.2 Å². The molecule has 8 heteroatoms. The Kier molecular flexibility index (Phi) is 3.27.